The third-order valence-electron chi connectivity index (χ3n) is 3.00. The zero-order valence-electron chi connectivity index (χ0n) is 11.4. The van der Waals surface area contributed by atoms with Gasteiger partial charge in [0.25, 0.3) is 0 Å². The molecule has 0 aliphatic carbocycles. The molecule has 0 radical (unpaired) electrons. The van der Waals surface area contributed by atoms with Crippen LogP contribution in [0.2, 0.25) is 0 Å². The van der Waals surface area contributed by atoms with Gasteiger partial charge in [0.05, 0.1) is 6.54 Å². The molecule has 0 atom stereocenters. The van der Waals surface area contributed by atoms with Gasteiger partial charge in [-0.15, -0.1) is 0 Å². The average Bonchev–Trinajstić information content (AvgIpc) is 2.28. The van der Waals surface area contributed by atoms with Gasteiger partial charge in [-0.2, -0.15) is 13.2 Å². The Hall–Kier alpha value is -1.23. The highest BCUT2D eigenvalue weighted by Crippen LogP contribution is 2.18. The molecule has 0 fully saturated rings. The molecule has 2 N–H and O–H groups in total. The van der Waals surface area contributed by atoms with E-state index in [9.17, 15) is 13.2 Å². The van der Waals surface area contributed by atoms with E-state index in [4.69, 9.17) is 5.73 Å². The van der Waals surface area contributed by atoms with Gasteiger partial charge in [-0.3, -0.25) is 4.90 Å². The lowest BCUT2D eigenvalue weighted by molar-refractivity contribution is -0.149. The Morgan fingerprint density at radius 3 is 2.21 bits per heavy atom. The highest BCUT2D eigenvalue weighted by Gasteiger charge is 2.31. The summed E-state index contributed by atoms with van der Waals surface area (Å²) in [5, 5.41) is 0. The van der Waals surface area contributed by atoms with E-state index in [2.05, 4.69) is 0 Å². The van der Waals surface area contributed by atoms with Crippen LogP contribution in [0.15, 0.2) is 24.3 Å². The fourth-order valence-corrected chi connectivity index (χ4v) is 1.92. The Morgan fingerprint density at radius 1 is 1.16 bits per heavy atom. The predicted octanol–water partition coefficient (Wildman–Crippen LogP) is 3.47. The van der Waals surface area contributed by atoms with Crippen LogP contribution in [0.5, 0.6) is 0 Å². The van der Waals surface area contributed by atoms with E-state index in [-0.39, 0.29) is 6.04 Å². The van der Waals surface area contributed by atoms with E-state index in [1.54, 1.807) is 13.8 Å². The van der Waals surface area contributed by atoms with Crippen molar-refractivity contribution < 1.29 is 13.2 Å². The molecule has 0 unspecified atom stereocenters. The van der Waals surface area contributed by atoms with Gasteiger partial charge in [0.1, 0.15) is 0 Å². The first kappa shape index (κ1) is 15.8. The van der Waals surface area contributed by atoms with Crippen molar-refractivity contribution in [3.8, 4) is 0 Å². The van der Waals surface area contributed by atoms with E-state index in [0.717, 1.165) is 12.0 Å². The van der Waals surface area contributed by atoms with Crippen molar-refractivity contribution in [2.75, 3.05) is 18.8 Å². The molecule has 0 spiro atoms. The smallest absolute Gasteiger partial charge is 0.399 e. The van der Waals surface area contributed by atoms with Crippen LogP contribution < -0.4 is 5.73 Å². The summed E-state index contributed by atoms with van der Waals surface area (Å²) in [6, 6.07) is 7.35. The Labute approximate surface area is 112 Å². The first-order chi connectivity index (χ1) is 8.78. The number of rotatable bonds is 6. The largest absolute Gasteiger partial charge is 0.401 e. The summed E-state index contributed by atoms with van der Waals surface area (Å²) in [4.78, 5) is 1.46. The van der Waals surface area contributed by atoms with Crippen LogP contribution in [0.4, 0.5) is 18.9 Å². The molecular weight excluding hydrogens is 253 g/mol. The topological polar surface area (TPSA) is 29.3 Å². The fourth-order valence-electron chi connectivity index (χ4n) is 1.92. The summed E-state index contributed by atoms with van der Waals surface area (Å²) in [6.07, 6.45) is -2.66. The molecule has 1 rings (SSSR count). The van der Waals surface area contributed by atoms with Crippen molar-refractivity contribution in [1.82, 2.24) is 4.90 Å². The van der Waals surface area contributed by atoms with Gasteiger partial charge >= 0.3 is 6.18 Å². The molecule has 0 saturated carbocycles. The monoisotopic (exact) mass is 274 g/mol. The molecule has 5 heteroatoms. The number of hydrogen-bond acceptors (Lipinski definition) is 2. The summed E-state index contributed by atoms with van der Waals surface area (Å²) in [6.45, 7) is 3.18. The molecule has 19 heavy (non-hydrogen) atoms. The second kappa shape index (κ2) is 6.80. The molecule has 1 aromatic rings. The predicted molar refractivity (Wildman–Crippen MR) is 71.9 cm³/mol. The zero-order chi connectivity index (χ0) is 14.5. The van der Waals surface area contributed by atoms with Gasteiger partial charge in [-0.05, 0) is 50.9 Å². The molecule has 0 amide bonds. The molecular formula is C14H21F3N2. The molecule has 108 valence electrons. The number of nitrogens with zero attached hydrogens (tertiary/aromatic N) is 1. The molecule has 0 bridgehead atoms. The number of anilines is 1. The number of benzene rings is 1. The number of nitrogens with two attached hydrogens (primary N) is 1. The van der Waals surface area contributed by atoms with Crippen LogP contribution in [-0.4, -0.2) is 30.2 Å². The lowest BCUT2D eigenvalue weighted by Crippen LogP contribution is -2.39. The van der Waals surface area contributed by atoms with Crippen LogP contribution in [-0.2, 0) is 6.42 Å². The van der Waals surface area contributed by atoms with E-state index >= 15 is 0 Å². The average molecular weight is 274 g/mol. The highest BCUT2D eigenvalue weighted by molar-refractivity contribution is 5.39. The van der Waals surface area contributed by atoms with Crippen LogP contribution in [0, 0.1) is 0 Å². The molecule has 2 nitrogen and oxygen atoms in total. The van der Waals surface area contributed by atoms with E-state index in [1.807, 2.05) is 24.3 Å². The fraction of sp³-hybridized carbons (Fsp3) is 0.571. The molecule has 0 heterocycles. The number of halogens is 3. The minimum Gasteiger partial charge on any atom is -0.399 e. The summed E-state index contributed by atoms with van der Waals surface area (Å²) in [7, 11) is 0. The van der Waals surface area contributed by atoms with E-state index in [0.29, 0.717) is 18.7 Å². The highest BCUT2D eigenvalue weighted by atomic mass is 19.4. The van der Waals surface area contributed by atoms with E-state index in [1.165, 1.54) is 4.90 Å². The number of nitrogen functional groups attached to an aromatic ring is 1. The van der Waals surface area contributed by atoms with Gasteiger partial charge in [0.2, 0.25) is 0 Å². The van der Waals surface area contributed by atoms with Crippen molar-refractivity contribution in [1.29, 1.82) is 0 Å². The van der Waals surface area contributed by atoms with E-state index < -0.39 is 12.7 Å². The van der Waals surface area contributed by atoms with Gasteiger partial charge < -0.3 is 5.73 Å². The molecule has 0 aromatic heterocycles. The van der Waals surface area contributed by atoms with Crippen molar-refractivity contribution >= 4 is 5.69 Å². The maximum absolute atomic E-state index is 12.4. The maximum atomic E-state index is 12.4. The molecule has 0 saturated heterocycles. The van der Waals surface area contributed by atoms with Gasteiger partial charge in [-0.1, -0.05) is 12.1 Å². The Bertz CT molecular complexity index is 371. The lowest BCUT2D eigenvalue weighted by atomic mass is 10.1. The summed E-state index contributed by atoms with van der Waals surface area (Å²) in [5.41, 5.74) is 7.38. The first-order valence-electron chi connectivity index (χ1n) is 6.43. The maximum Gasteiger partial charge on any atom is 0.401 e. The zero-order valence-corrected chi connectivity index (χ0v) is 11.4. The number of hydrogen-bond donors (Lipinski definition) is 1. The van der Waals surface area contributed by atoms with Gasteiger partial charge in [0, 0.05) is 11.7 Å². The Kier molecular flexibility index (Phi) is 5.66. The molecule has 1 aromatic carbocycles. The second-order valence-electron chi connectivity index (χ2n) is 5.02. The normalized spacial score (nSPS) is 12.4. The molecule has 0 aliphatic heterocycles. The minimum absolute atomic E-state index is 0.104. The van der Waals surface area contributed by atoms with Crippen molar-refractivity contribution in [3.63, 3.8) is 0 Å². The van der Waals surface area contributed by atoms with Crippen LogP contribution in [0.1, 0.15) is 25.8 Å². The van der Waals surface area contributed by atoms with Crippen LogP contribution >= 0.6 is 0 Å². The SMILES string of the molecule is CC(C)N(CCCc1ccc(N)cc1)CC(F)(F)F. The molecule has 0 aliphatic rings. The van der Waals surface area contributed by atoms with Crippen LogP contribution in [0.25, 0.3) is 0 Å². The first-order valence-corrected chi connectivity index (χ1v) is 6.43. The summed E-state index contributed by atoms with van der Waals surface area (Å²) >= 11 is 0. The van der Waals surface area contributed by atoms with Crippen LogP contribution in [0.3, 0.4) is 0 Å². The van der Waals surface area contributed by atoms with Crippen molar-refractivity contribution in [3.05, 3.63) is 29.8 Å². The number of aryl methyl sites for hydroxylation is 1. The summed E-state index contributed by atoms with van der Waals surface area (Å²) in [5.74, 6) is 0. The van der Waals surface area contributed by atoms with Crippen molar-refractivity contribution in [2.24, 2.45) is 0 Å². The Morgan fingerprint density at radius 2 is 1.74 bits per heavy atom. The Balaban J connectivity index is 2.42. The minimum atomic E-state index is -4.13. The number of alkyl halides is 3. The quantitative estimate of drug-likeness (QED) is 0.805. The van der Waals surface area contributed by atoms with Gasteiger partial charge in [-0.25, -0.2) is 0 Å². The second-order valence-corrected chi connectivity index (χ2v) is 5.02. The van der Waals surface area contributed by atoms with Gasteiger partial charge in [0.15, 0.2) is 0 Å². The third kappa shape index (κ3) is 6.47. The third-order valence-corrected chi connectivity index (χ3v) is 3.00. The van der Waals surface area contributed by atoms with Crippen molar-refractivity contribution in [2.45, 2.75) is 38.9 Å². The summed E-state index contributed by atoms with van der Waals surface area (Å²) < 4.78 is 37.2. The lowest BCUT2D eigenvalue weighted by Gasteiger charge is -2.27. The standard InChI is InChI=1S/C14H21F3N2/c1-11(2)19(10-14(15,16)17)9-3-4-12-5-7-13(18)8-6-12/h5-8,11H,3-4,9-10,18H2,1-2H3.